The highest BCUT2D eigenvalue weighted by Gasteiger charge is 2.22. The van der Waals surface area contributed by atoms with Crippen molar-refractivity contribution in [3.63, 3.8) is 0 Å². The first-order chi connectivity index (χ1) is 8.67. The van der Waals surface area contributed by atoms with Gasteiger partial charge in [0.15, 0.2) is 4.67 Å². The third kappa shape index (κ3) is 2.34. The Labute approximate surface area is 112 Å². The smallest absolute Gasteiger partial charge is 0.373 e. The van der Waals surface area contributed by atoms with E-state index in [1.807, 2.05) is 6.07 Å². The standard InChI is InChI=1S/C12H12BrNO4/c1-14-10(7-5-6-17-11(7)13)8-3-4-9(18-8)12(15)16-2/h3-6,10,14H,1-2H3. The van der Waals surface area contributed by atoms with Crippen molar-refractivity contribution in [2.75, 3.05) is 14.2 Å². The molecule has 6 heteroatoms. The number of furan rings is 2. The summed E-state index contributed by atoms with van der Waals surface area (Å²) >= 11 is 3.31. The molecule has 0 aliphatic rings. The zero-order valence-electron chi connectivity index (χ0n) is 9.90. The molecule has 1 N–H and O–H groups in total. The van der Waals surface area contributed by atoms with Gasteiger partial charge in [-0.2, -0.15) is 0 Å². The number of carbonyl (C=O) groups is 1. The van der Waals surface area contributed by atoms with Gasteiger partial charge in [0.1, 0.15) is 5.76 Å². The highest BCUT2D eigenvalue weighted by molar-refractivity contribution is 9.10. The average molecular weight is 314 g/mol. The Kier molecular flexibility index (Phi) is 3.88. The van der Waals surface area contributed by atoms with Crippen molar-refractivity contribution >= 4 is 21.9 Å². The van der Waals surface area contributed by atoms with Crippen LogP contribution in [0.5, 0.6) is 0 Å². The first-order valence-electron chi connectivity index (χ1n) is 5.25. The van der Waals surface area contributed by atoms with E-state index in [2.05, 4.69) is 26.0 Å². The molecular weight excluding hydrogens is 302 g/mol. The van der Waals surface area contributed by atoms with Gasteiger partial charge in [0.25, 0.3) is 0 Å². The van der Waals surface area contributed by atoms with Gasteiger partial charge < -0.3 is 18.9 Å². The number of halogens is 1. The molecule has 1 atom stereocenters. The fraction of sp³-hybridized carbons (Fsp3) is 0.250. The van der Waals surface area contributed by atoms with Crippen molar-refractivity contribution < 1.29 is 18.4 Å². The maximum absolute atomic E-state index is 11.3. The SMILES string of the molecule is CNC(c1ccc(C(=O)OC)o1)c1ccoc1Br. The molecule has 96 valence electrons. The number of methoxy groups -OCH3 is 1. The van der Waals surface area contributed by atoms with Crippen LogP contribution in [0.1, 0.15) is 27.9 Å². The highest BCUT2D eigenvalue weighted by Crippen LogP contribution is 2.30. The average Bonchev–Trinajstić information content (AvgIpc) is 3.00. The number of hydrogen-bond acceptors (Lipinski definition) is 5. The van der Waals surface area contributed by atoms with Crippen LogP contribution in [0.25, 0.3) is 0 Å². The van der Waals surface area contributed by atoms with E-state index in [-0.39, 0.29) is 11.8 Å². The molecule has 1 unspecified atom stereocenters. The monoisotopic (exact) mass is 313 g/mol. The summed E-state index contributed by atoms with van der Waals surface area (Å²) < 4.78 is 15.9. The first kappa shape index (κ1) is 12.9. The summed E-state index contributed by atoms with van der Waals surface area (Å²) in [6.07, 6.45) is 1.58. The van der Waals surface area contributed by atoms with E-state index in [4.69, 9.17) is 8.83 Å². The number of carbonyl (C=O) groups excluding carboxylic acids is 1. The van der Waals surface area contributed by atoms with E-state index in [9.17, 15) is 4.79 Å². The lowest BCUT2D eigenvalue weighted by Gasteiger charge is -2.11. The normalized spacial score (nSPS) is 12.4. The molecule has 0 amide bonds. The van der Waals surface area contributed by atoms with Gasteiger partial charge in [-0.15, -0.1) is 0 Å². The Morgan fingerprint density at radius 1 is 1.44 bits per heavy atom. The summed E-state index contributed by atoms with van der Waals surface area (Å²) in [4.78, 5) is 11.3. The van der Waals surface area contributed by atoms with Gasteiger partial charge >= 0.3 is 5.97 Å². The van der Waals surface area contributed by atoms with Gasteiger partial charge in [-0.1, -0.05) is 0 Å². The van der Waals surface area contributed by atoms with Crippen LogP contribution in [-0.4, -0.2) is 20.1 Å². The lowest BCUT2D eigenvalue weighted by atomic mass is 10.1. The summed E-state index contributed by atoms with van der Waals surface area (Å²) in [7, 11) is 3.11. The summed E-state index contributed by atoms with van der Waals surface area (Å²) in [6, 6.07) is 4.94. The molecule has 2 rings (SSSR count). The molecule has 0 spiro atoms. The number of esters is 1. The second-order valence-electron chi connectivity index (χ2n) is 3.56. The highest BCUT2D eigenvalue weighted by atomic mass is 79.9. The second-order valence-corrected chi connectivity index (χ2v) is 4.29. The predicted octanol–water partition coefficient (Wildman–Crippen LogP) is 2.73. The van der Waals surface area contributed by atoms with Gasteiger partial charge in [-0.3, -0.25) is 0 Å². The minimum Gasteiger partial charge on any atom is -0.463 e. The molecule has 0 bridgehead atoms. The Hall–Kier alpha value is -1.53. The van der Waals surface area contributed by atoms with Crippen LogP contribution in [0.3, 0.4) is 0 Å². The molecule has 0 fully saturated rings. The summed E-state index contributed by atoms with van der Waals surface area (Å²) in [5, 5.41) is 3.10. The van der Waals surface area contributed by atoms with Crippen LogP contribution in [0.15, 0.2) is 38.0 Å². The molecule has 18 heavy (non-hydrogen) atoms. The molecular formula is C12H12BrNO4. The molecule has 0 saturated heterocycles. The zero-order chi connectivity index (χ0) is 13.1. The lowest BCUT2D eigenvalue weighted by Crippen LogP contribution is -2.16. The molecule has 0 aromatic carbocycles. The Balaban J connectivity index is 2.31. The summed E-state index contributed by atoms with van der Waals surface area (Å²) in [6.45, 7) is 0. The van der Waals surface area contributed by atoms with E-state index >= 15 is 0 Å². The third-order valence-corrected chi connectivity index (χ3v) is 3.19. The molecule has 0 aliphatic heterocycles. The van der Waals surface area contributed by atoms with Gasteiger partial charge in [-0.05, 0) is 41.2 Å². The van der Waals surface area contributed by atoms with Gasteiger partial charge in [0.05, 0.1) is 19.4 Å². The Morgan fingerprint density at radius 2 is 2.22 bits per heavy atom. The topological polar surface area (TPSA) is 64.6 Å². The van der Waals surface area contributed by atoms with Crippen LogP contribution in [-0.2, 0) is 4.74 Å². The minimum atomic E-state index is -0.498. The van der Waals surface area contributed by atoms with Crippen LogP contribution in [0.2, 0.25) is 0 Å². The largest absolute Gasteiger partial charge is 0.463 e. The molecule has 2 heterocycles. The minimum absolute atomic E-state index is 0.173. The predicted molar refractivity (Wildman–Crippen MR) is 67.4 cm³/mol. The summed E-state index contributed by atoms with van der Waals surface area (Å²) in [5.41, 5.74) is 0.892. The van der Waals surface area contributed by atoms with E-state index < -0.39 is 5.97 Å². The van der Waals surface area contributed by atoms with E-state index in [0.717, 1.165) is 5.56 Å². The van der Waals surface area contributed by atoms with E-state index in [0.29, 0.717) is 10.4 Å². The third-order valence-electron chi connectivity index (χ3n) is 2.54. The van der Waals surface area contributed by atoms with Crippen LogP contribution in [0, 0.1) is 0 Å². The first-order valence-corrected chi connectivity index (χ1v) is 6.05. The number of hydrogen-bond donors (Lipinski definition) is 1. The van der Waals surface area contributed by atoms with Gasteiger partial charge in [0.2, 0.25) is 5.76 Å². The fourth-order valence-electron chi connectivity index (χ4n) is 1.68. The number of ether oxygens (including phenoxy) is 1. The van der Waals surface area contributed by atoms with Crippen LogP contribution >= 0.6 is 15.9 Å². The molecule has 2 aromatic heterocycles. The fourth-order valence-corrected chi connectivity index (χ4v) is 2.15. The lowest BCUT2D eigenvalue weighted by molar-refractivity contribution is 0.0562. The van der Waals surface area contributed by atoms with Crippen molar-refractivity contribution in [1.82, 2.24) is 5.32 Å². The molecule has 2 aromatic rings. The number of nitrogens with one attached hydrogen (secondary N) is 1. The molecule has 5 nitrogen and oxygen atoms in total. The van der Waals surface area contributed by atoms with Crippen molar-refractivity contribution in [3.8, 4) is 0 Å². The van der Waals surface area contributed by atoms with Crippen molar-refractivity contribution in [2.45, 2.75) is 6.04 Å². The van der Waals surface area contributed by atoms with Crippen molar-refractivity contribution in [1.29, 1.82) is 0 Å². The van der Waals surface area contributed by atoms with Crippen LogP contribution in [0.4, 0.5) is 0 Å². The Morgan fingerprint density at radius 3 is 2.78 bits per heavy atom. The second kappa shape index (κ2) is 5.41. The molecule has 0 saturated carbocycles. The van der Waals surface area contributed by atoms with Crippen molar-refractivity contribution in [3.05, 3.63) is 46.2 Å². The quantitative estimate of drug-likeness (QED) is 0.879. The molecule has 0 radical (unpaired) electrons. The van der Waals surface area contributed by atoms with Crippen molar-refractivity contribution in [2.24, 2.45) is 0 Å². The maximum atomic E-state index is 11.3. The van der Waals surface area contributed by atoms with E-state index in [1.54, 1.807) is 25.4 Å². The van der Waals surface area contributed by atoms with E-state index in [1.165, 1.54) is 7.11 Å². The number of rotatable bonds is 4. The summed E-state index contributed by atoms with van der Waals surface area (Å²) in [5.74, 6) is 0.287. The maximum Gasteiger partial charge on any atom is 0.373 e. The van der Waals surface area contributed by atoms with Crippen LogP contribution < -0.4 is 5.32 Å². The Bertz CT molecular complexity index is 546. The van der Waals surface area contributed by atoms with Gasteiger partial charge in [0, 0.05) is 5.56 Å². The van der Waals surface area contributed by atoms with Gasteiger partial charge in [-0.25, -0.2) is 4.79 Å². The zero-order valence-corrected chi connectivity index (χ0v) is 11.5. The molecule has 0 aliphatic carbocycles.